The van der Waals surface area contributed by atoms with Gasteiger partial charge in [0.2, 0.25) is 5.91 Å². The fraction of sp³-hybridized carbons (Fsp3) is 0.318. The van der Waals surface area contributed by atoms with Crippen molar-refractivity contribution in [3.05, 3.63) is 53.9 Å². The zero-order valence-corrected chi connectivity index (χ0v) is 17.1. The first-order valence-electron chi connectivity index (χ1n) is 9.94. The van der Waals surface area contributed by atoms with Crippen LogP contribution in [0.15, 0.2) is 42.6 Å². The molecule has 1 aliphatic rings. The minimum absolute atomic E-state index is 0.159. The second kappa shape index (κ2) is 8.54. The van der Waals surface area contributed by atoms with E-state index >= 15 is 0 Å². The Bertz CT molecular complexity index is 1060. The van der Waals surface area contributed by atoms with Gasteiger partial charge in [-0.15, -0.1) is 0 Å². The lowest BCUT2D eigenvalue weighted by Gasteiger charge is -2.34. The van der Waals surface area contributed by atoms with Gasteiger partial charge in [-0.3, -0.25) is 9.69 Å². The van der Waals surface area contributed by atoms with Crippen molar-refractivity contribution in [2.24, 2.45) is 0 Å². The molecule has 3 heterocycles. The quantitative estimate of drug-likeness (QED) is 0.632. The van der Waals surface area contributed by atoms with Crippen molar-refractivity contribution >= 4 is 34.3 Å². The number of rotatable bonds is 5. The van der Waals surface area contributed by atoms with Crippen molar-refractivity contribution in [3.63, 3.8) is 0 Å². The molecule has 0 atom stereocenters. The van der Waals surface area contributed by atoms with Crippen molar-refractivity contribution in [2.45, 2.75) is 6.92 Å². The van der Waals surface area contributed by atoms with Crippen LogP contribution in [0.2, 0.25) is 0 Å². The Balaban J connectivity index is 1.43. The zero-order chi connectivity index (χ0) is 21.1. The third-order valence-corrected chi connectivity index (χ3v) is 5.32. The molecule has 0 spiro atoms. The molecule has 4 rings (SSSR count). The molecular formula is C22H25N5O3. The molecule has 1 saturated heterocycles. The molecule has 0 aliphatic carbocycles. The summed E-state index contributed by atoms with van der Waals surface area (Å²) in [6, 6.07) is 11.7. The minimum Gasteiger partial charge on any atom is -0.464 e. The molecule has 0 bridgehead atoms. The predicted octanol–water partition coefficient (Wildman–Crippen LogP) is 2.42. The predicted molar refractivity (Wildman–Crippen MR) is 116 cm³/mol. The summed E-state index contributed by atoms with van der Waals surface area (Å²) in [7, 11) is 1.33. The number of aryl methyl sites for hydroxylation is 1. The Morgan fingerprint density at radius 3 is 2.67 bits per heavy atom. The number of carbonyl (C=O) groups is 2. The molecule has 1 fully saturated rings. The number of pyridine rings is 1. The number of piperazine rings is 1. The lowest BCUT2D eigenvalue weighted by Crippen LogP contribution is -2.48. The molecule has 30 heavy (non-hydrogen) atoms. The van der Waals surface area contributed by atoms with Gasteiger partial charge in [0, 0.05) is 43.3 Å². The molecule has 1 aromatic carbocycles. The van der Waals surface area contributed by atoms with Gasteiger partial charge in [-0.25, -0.2) is 9.78 Å². The number of esters is 1. The number of nitrogens with zero attached hydrogens (tertiary/aromatic N) is 3. The number of benzene rings is 1. The van der Waals surface area contributed by atoms with Crippen LogP contribution < -0.4 is 10.2 Å². The van der Waals surface area contributed by atoms with Crippen molar-refractivity contribution in [1.82, 2.24) is 14.9 Å². The summed E-state index contributed by atoms with van der Waals surface area (Å²) in [6.45, 7) is 5.38. The van der Waals surface area contributed by atoms with E-state index < -0.39 is 5.97 Å². The number of fused-ring (bicyclic) bond motifs is 1. The first-order chi connectivity index (χ1) is 14.5. The van der Waals surface area contributed by atoms with E-state index in [0.29, 0.717) is 5.69 Å². The van der Waals surface area contributed by atoms with E-state index in [9.17, 15) is 9.59 Å². The van der Waals surface area contributed by atoms with Crippen molar-refractivity contribution in [1.29, 1.82) is 0 Å². The number of hydrogen-bond donors (Lipinski definition) is 2. The highest BCUT2D eigenvalue weighted by atomic mass is 16.5. The minimum atomic E-state index is -0.511. The topological polar surface area (TPSA) is 90.6 Å². The highest BCUT2D eigenvalue weighted by molar-refractivity contribution is 6.11. The largest absolute Gasteiger partial charge is 0.464 e. The van der Waals surface area contributed by atoms with Crippen LogP contribution in [0.4, 0.5) is 11.5 Å². The summed E-state index contributed by atoms with van der Waals surface area (Å²) in [6.07, 6.45) is 1.79. The van der Waals surface area contributed by atoms with E-state index in [1.54, 1.807) is 6.20 Å². The van der Waals surface area contributed by atoms with E-state index in [2.05, 4.69) is 25.1 Å². The fourth-order valence-corrected chi connectivity index (χ4v) is 3.75. The van der Waals surface area contributed by atoms with Gasteiger partial charge in [-0.1, -0.05) is 18.2 Å². The van der Waals surface area contributed by atoms with Gasteiger partial charge in [0.25, 0.3) is 0 Å². The van der Waals surface area contributed by atoms with Gasteiger partial charge in [-0.2, -0.15) is 0 Å². The number of methoxy groups -OCH3 is 1. The van der Waals surface area contributed by atoms with Gasteiger partial charge in [0.1, 0.15) is 11.5 Å². The Kier molecular flexibility index (Phi) is 5.67. The van der Waals surface area contributed by atoms with E-state index in [4.69, 9.17) is 4.74 Å². The summed E-state index contributed by atoms with van der Waals surface area (Å²) in [5, 5.41) is 3.71. The molecule has 8 nitrogen and oxygen atoms in total. The molecule has 0 saturated carbocycles. The van der Waals surface area contributed by atoms with Crippen molar-refractivity contribution < 1.29 is 14.3 Å². The van der Waals surface area contributed by atoms with Crippen LogP contribution in [-0.4, -0.2) is 66.6 Å². The lowest BCUT2D eigenvalue weighted by atomic mass is 10.1. The van der Waals surface area contributed by atoms with Gasteiger partial charge in [0.15, 0.2) is 0 Å². The molecule has 0 radical (unpaired) electrons. The molecule has 2 aromatic heterocycles. The number of anilines is 2. The molecule has 2 N–H and O–H groups in total. The number of aromatic nitrogens is 2. The van der Waals surface area contributed by atoms with Crippen molar-refractivity contribution in [3.8, 4) is 0 Å². The summed E-state index contributed by atoms with van der Waals surface area (Å²) in [5.41, 5.74) is 2.57. The van der Waals surface area contributed by atoms with Crippen LogP contribution >= 0.6 is 0 Å². The summed E-state index contributed by atoms with van der Waals surface area (Å²) >= 11 is 0. The van der Waals surface area contributed by atoms with Crippen molar-refractivity contribution in [2.75, 3.05) is 50.1 Å². The maximum absolute atomic E-state index is 12.8. The van der Waals surface area contributed by atoms with E-state index in [-0.39, 0.29) is 18.1 Å². The molecular weight excluding hydrogens is 382 g/mol. The van der Waals surface area contributed by atoms with Crippen LogP contribution in [0.1, 0.15) is 16.1 Å². The summed E-state index contributed by atoms with van der Waals surface area (Å²) < 4.78 is 4.88. The maximum Gasteiger partial charge on any atom is 0.356 e. The van der Waals surface area contributed by atoms with E-state index in [1.807, 2.05) is 43.3 Å². The number of nitrogens with one attached hydrogen (secondary N) is 2. The van der Waals surface area contributed by atoms with Crippen LogP contribution in [-0.2, 0) is 9.53 Å². The molecule has 0 unspecified atom stereocenters. The average Bonchev–Trinajstić information content (AvgIpc) is 3.11. The Hall–Kier alpha value is -3.39. The highest BCUT2D eigenvalue weighted by Gasteiger charge is 2.23. The fourth-order valence-electron chi connectivity index (χ4n) is 3.75. The normalized spacial score (nSPS) is 14.7. The molecule has 1 aliphatic heterocycles. The Labute approximate surface area is 174 Å². The third kappa shape index (κ3) is 4.13. The molecule has 1 amide bonds. The standard InChI is InChI=1S/C22H25N5O3/c1-15-6-7-16-17(13-15)24-21(22(29)30-2)20(16)25-19(28)14-26-9-11-27(12-10-26)18-5-3-4-8-23-18/h3-8,13,24H,9-12,14H2,1-2H3,(H,25,28). The SMILES string of the molecule is COC(=O)c1[nH]c2cc(C)ccc2c1NC(=O)CN1CCN(c2ccccn2)CC1. The number of carbonyl (C=O) groups excluding carboxylic acids is 2. The second-order valence-corrected chi connectivity index (χ2v) is 7.41. The third-order valence-electron chi connectivity index (χ3n) is 5.32. The van der Waals surface area contributed by atoms with Crippen LogP contribution in [0.3, 0.4) is 0 Å². The van der Waals surface area contributed by atoms with Gasteiger partial charge < -0.3 is 19.9 Å². The number of aromatic amines is 1. The van der Waals surface area contributed by atoms with E-state index in [0.717, 1.165) is 48.5 Å². The number of ether oxygens (including phenoxy) is 1. The molecule has 156 valence electrons. The lowest BCUT2D eigenvalue weighted by molar-refractivity contribution is -0.117. The molecule has 3 aromatic rings. The smallest absolute Gasteiger partial charge is 0.356 e. The number of H-pyrrole nitrogens is 1. The van der Waals surface area contributed by atoms with Gasteiger partial charge >= 0.3 is 5.97 Å². The van der Waals surface area contributed by atoms with Gasteiger partial charge in [-0.05, 0) is 30.7 Å². The first-order valence-corrected chi connectivity index (χ1v) is 9.94. The first kappa shape index (κ1) is 19.9. The van der Waals surface area contributed by atoms with Crippen LogP contribution in [0.5, 0.6) is 0 Å². The maximum atomic E-state index is 12.8. The Morgan fingerprint density at radius 1 is 1.17 bits per heavy atom. The highest BCUT2D eigenvalue weighted by Crippen LogP contribution is 2.29. The summed E-state index contributed by atoms with van der Waals surface area (Å²) in [4.78, 5) is 36.7. The van der Waals surface area contributed by atoms with Crippen LogP contribution in [0.25, 0.3) is 10.9 Å². The number of hydrogen-bond acceptors (Lipinski definition) is 6. The Morgan fingerprint density at radius 2 is 1.97 bits per heavy atom. The van der Waals surface area contributed by atoms with Gasteiger partial charge in [0.05, 0.1) is 19.3 Å². The second-order valence-electron chi connectivity index (χ2n) is 7.41. The number of amides is 1. The van der Waals surface area contributed by atoms with E-state index in [1.165, 1.54) is 7.11 Å². The monoisotopic (exact) mass is 407 g/mol. The average molecular weight is 407 g/mol. The summed E-state index contributed by atoms with van der Waals surface area (Å²) in [5.74, 6) is 0.287. The molecule has 8 heteroatoms. The zero-order valence-electron chi connectivity index (χ0n) is 17.1. The van der Waals surface area contributed by atoms with Crippen LogP contribution in [0, 0.1) is 6.92 Å².